The molecule has 0 heterocycles. The van der Waals surface area contributed by atoms with E-state index in [2.05, 4.69) is 27.9 Å². The van der Waals surface area contributed by atoms with Crippen LogP contribution in [-0.4, -0.2) is 5.91 Å². The minimum atomic E-state index is -0.244. The lowest BCUT2D eigenvalue weighted by Crippen LogP contribution is -2.13. The minimum absolute atomic E-state index is 0.244. The molecule has 2 aromatic rings. The molecule has 0 fully saturated rings. The second-order valence-corrected chi connectivity index (χ2v) is 6.13. The Kier molecular flexibility index (Phi) is 4.71. The maximum Gasteiger partial charge on any atom is 0.257 e. The van der Waals surface area contributed by atoms with E-state index in [1.54, 1.807) is 18.2 Å². The van der Waals surface area contributed by atoms with E-state index in [1.807, 2.05) is 25.1 Å². The Morgan fingerprint density at radius 3 is 2.58 bits per heavy atom. The lowest BCUT2D eigenvalue weighted by molar-refractivity contribution is 0.102. The monoisotopic (exact) mass is 405 g/mol. The zero-order valence-corrected chi connectivity index (χ0v) is 13.7. The highest BCUT2D eigenvalue weighted by Gasteiger charge is 2.12. The first-order valence-electron chi connectivity index (χ1n) is 5.50. The summed E-state index contributed by atoms with van der Waals surface area (Å²) >= 11 is 14.0. The van der Waals surface area contributed by atoms with Crippen LogP contribution in [0.5, 0.6) is 0 Å². The third-order valence-electron chi connectivity index (χ3n) is 2.62. The van der Waals surface area contributed by atoms with Crippen molar-refractivity contribution in [1.82, 2.24) is 0 Å². The molecule has 0 saturated carbocycles. The average molecular weight is 406 g/mol. The Morgan fingerprint density at radius 2 is 1.89 bits per heavy atom. The molecule has 1 amide bonds. The Morgan fingerprint density at radius 1 is 1.16 bits per heavy atom. The first-order valence-corrected chi connectivity index (χ1v) is 7.33. The standard InChI is InChI=1S/C14H10Cl2INO/c1-8-2-4-10(17)7-13(8)18-14(19)11-5-3-9(15)6-12(11)16/h2-7H,1H3,(H,18,19). The number of carbonyl (C=O) groups is 1. The molecule has 19 heavy (non-hydrogen) atoms. The van der Waals surface area contributed by atoms with Gasteiger partial charge in [-0.1, -0.05) is 29.3 Å². The zero-order chi connectivity index (χ0) is 14.0. The fourth-order valence-electron chi connectivity index (χ4n) is 1.59. The maximum absolute atomic E-state index is 12.2. The van der Waals surface area contributed by atoms with Crippen LogP contribution in [0.2, 0.25) is 10.0 Å². The van der Waals surface area contributed by atoms with Crippen molar-refractivity contribution < 1.29 is 4.79 Å². The molecule has 0 aliphatic rings. The Labute approximate surface area is 135 Å². The molecule has 5 heteroatoms. The molecule has 2 aromatic carbocycles. The summed E-state index contributed by atoms with van der Waals surface area (Å²) in [7, 11) is 0. The molecule has 0 atom stereocenters. The van der Waals surface area contributed by atoms with Crippen molar-refractivity contribution in [1.29, 1.82) is 0 Å². The van der Waals surface area contributed by atoms with Gasteiger partial charge in [0.25, 0.3) is 5.91 Å². The van der Waals surface area contributed by atoms with Crippen LogP contribution in [0.3, 0.4) is 0 Å². The van der Waals surface area contributed by atoms with E-state index in [0.29, 0.717) is 15.6 Å². The van der Waals surface area contributed by atoms with Crippen LogP contribution in [0, 0.1) is 10.5 Å². The average Bonchev–Trinajstić information content (AvgIpc) is 2.33. The van der Waals surface area contributed by atoms with E-state index in [0.717, 1.165) is 14.8 Å². The number of halogens is 3. The summed E-state index contributed by atoms with van der Waals surface area (Å²) in [6.45, 7) is 1.94. The number of benzene rings is 2. The van der Waals surface area contributed by atoms with E-state index >= 15 is 0 Å². The molecule has 0 aliphatic carbocycles. The van der Waals surface area contributed by atoms with E-state index in [1.165, 1.54) is 0 Å². The lowest BCUT2D eigenvalue weighted by atomic mass is 10.1. The van der Waals surface area contributed by atoms with Gasteiger partial charge in [-0.15, -0.1) is 0 Å². The van der Waals surface area contributed by atoms with Gasteiger partial charge in [0.2, 0.25) is 0 Å². The number of nitrogens with one attached hydrogen (secondary N) is 1. The van der Waals surface area contributed by atoms with Gasteiger partial charge < -0.3 is 5.32 Å². The predicted octanol–water partition coefficient (Wildman–Crippen LogP) is 5.16. The van der Waals surface area contributed by atoms with Gasteiger partial charge in [0.05, 0.1) is 10.6 Å². The minimum Gasteiger partial charge on any atom is -0.322 e. The predicted molar refractivity (Wildman–Crippen MR) is 88.3 cm³/mol. The molecule has 0 spiro atoms. The van der Waals surface area contributed by atoms with Crippen molar-refractivity contribution in [3.8, 4) is 0 Å². The highest BCUT2D eigenvalue weighted by atomic mass is 127. The van der Waals surface area contributed by atoms with Crippen molar-refractivity contribution in [3.05, 3.63) is 61.1 Å². The van der Waals surface area contributed by atoms with Gasteiger partial charge in [-0.25, -0.2) is 0 Å². The normalized spacial score (nSPS) is 10.3. The van der Waals surface area contributed by atoms with Gasteiger partial charge in [-0.05, 0) is 65.4 Å². The molecule has 0 bridgehead atoms. The molecular weight excluding hydrogens is 396 g/mol. The fraction of sp³-hybridized carbons (Fsp3) is 0.0714. The van der Waals surface area contributed by atoms with Crippen LogP contribution in [0.1, 0.15) is 15.9 Å². The van der Waals surface area contributed by atoms with Gasteiger partial charge in [0.15, 0.2) is 0 Å². The summed E-state index contributed by atoms with van der Waals surface area (Å²) in [4.78, 5) is 12.2. The van der Waals surface area contributed by atoms with Crippen molar-refractivity contribution in [3.63, 3.8) is 0 Å². The molecular formula is C14H10Cl2INO. The Bertz CT molecular complexity index is 643. The van der Waals surface area contributed by atoms with Gasteiger partial charge in [-0.3, -0.25) is 4.79 Å². The van der Waals surface area contributed by atoms with Crippen LogP contribution < -0.4 is 5.32 Å². The van der Waals surface area contributed by atoms with E-state index in [9.17, 15) is 4.79 Å². The largest absolute Gasteiger partial charge is 0.322 e. The van der Waals surface area contributed by atoms with E-state index < -0.39 is 0 Å². The second-order valence-electron chi connectivity index (χ2n) is 4.04. The van der Waals surface area contributed by atoms with Crippen LogP contribution in [0.25, 0.3) is 0 Å². The molecule has 0 saturated heterocycles. The molecule has 0 radical (unpaired) electrons. The van der Waals surface area contributed by atoms with Gasteiger partial charge in [0.1, 0.15) is 0 Å². The number of amides is 1. The topological polar surface area (TPSA) is 29.1 Å². The number of carbonyl (C=O) groups excluding carboxylic acids is 1. The Balaban J connectivity index is 2.28. The van der Waals surface area contributed by atoms with Crippen molar-refractivity contribution in [2.24, 2.45) is 0 Å². The van der Waals surface area contributed by atoms with Crippen molar-refractivity contribution >= 4 is 57.4 Å². The Hall–Kier alpha value is -0.780. The van der Waals surface area contributed by atoms with Gasteiger partial charge in [0, 0.05) is 14.3 Å². The number of hydrogen-bond acceptors (Lipinski definition) is 1. The van der Waals surface area contributed by atoms with Crippen LogP contribution >= 0.6 is 45.8 Å². The molecule has 98 valence electrons. The number of hydrogen-bond donors (Lipinski definition) is 1. The first kappa shape index (κ1) is 14.6. The number of anilines is 1. The maximum atomic E-state index is 12.2. The summed E-state index contributed by atoms with van der Waals surface area (Å²) in [6, 6.07) is 10.7. The molecule has 0 aromatic heterocycles. The molecule has 1 N–H and O–H groups in total. The van der Waals surface area contributed by atoms with E-state index in [4.69, 9.17) is 23.2 Å². The summed E-state index contributed by atoms with van der Waals surface area (Å²) < 4.78 is 1.06. The first-order chi connectivity index (χ1) is 8.97. The summed E-state index contributed by atoms with van der Waals surface area (Å²) in [5, 5.41) is 3.70. The molecule has 2 rings (SSSR count). The summed E-state index contributed by atoms with van der Waals surface area (Å²) in [5.74, 6) is -0.244. The van der Waals surface area contributed by atoms with Crippen LogP contribution in [-0.2, 0) is 0 Å². The van der Waals surface area contributed by atoms with Crippen molar-refractivity contribution in [2.75, 3.05) is 5.32 Å². The lowest BCUT2D eigenvalue weighted by Gasteiger charge is -2.10. The third kappa shape index (κ3) is 3.61. The summed E-state index contributed by atoms with van der Waals surface area (Å²) in [5.41, 5.74) is 2.19. The highest BCUT2D eigenvalue weighted by molar-refractivity contribution is 14.1. The quantitative estimate of drug-likeness (QED) is 0.687. The molecule has 2 nitrogen and oxygen atoms in total. The molecule has 0 aliphatic heterocycles. The summed E-state index contributed by atoms with van der Waals surface area (Å²) in [6.07, 6.45) is 0. The number of aryl methyl sites for hydroxylation is 1. The third-order valence-corrected chi connectivity index (χ3v) is 3.84. The van der Waals surface area contributed by atoms with Gasteiger partial charge >= 0.3 is 0 Å². The van der Waals surface area contributed by atoms with Crippen LogP contribution in [0.4, 0.5) is 5.69 Å². The SMILES string of the molecule is Cc1ccc(I)cc1NC(=O)c1ccc(Cl)cc1Cl. The van der Waals surface area contributed by atoms with Crippen molar-refractivity contribution in [2.45, 2.75) is 6.92 Å². The van der Waals surface area contributed by atoms with Crippen LogP contribution in [0.15, 0.2) is 36.4 Å². The number of rotatable bonds is 2. The van der Waals surface area contributed by atoms with E-state index in [-0.39, 0.29) is 5.91 Å². The smallest absolute Gasteiger partial charge is 0.257 e. The van der Waals surface area contributed by atoms with Gasteiger partial charge in [-0.2, -0.15) is 0 Å². The highest BCUT2D eigenvalue weighted by Crippen LogP contribution is 2.23. The fourth-order valence-corrected chi connectivity index (χ4v) is 2.58. The zero-order valence-electron chi connectivity index (χ0n) is 10.0. The second kappa shape index (κ2) is 6.11. The molecule has 0 unspecified atom stereocenters.